The fourth-order valence-corrected chi connectivity index (χ4v) is 1.97. The van der Waals surface area contributed by atoms with Crippen LogP contribution in [0.5, 0.6) is 0 Å². The molecule has 2 rings (SSSR count). The van der Waals surface area contributed by atoms with Crippen LogP contribution in [-0.2, 0) is 6.61 Å². The lowest BCUT2D eigenvalue weighted by molar-refractivity contribution is 0.276. The standard InChI is InChI=1S/C11H16N2O/c14-8-11-6-9(3-5-13-11)10-2-1-4-12-7-10/h3,5-6,10,12,14H,1-2,4,7-8H2. The number of nitrogens with zero attached hydrogens (tertiary/aromatic N) is 1. The van der Waals surface area contributed by atoms with Gasteiger partial charge in [0.05, 0.1) is 12.3 Å². The van der Waals surface area contributed by atoms with Crippen LogP contribution in [0.3, 0.4) is 0 Å². The van der Waals surface area contributed by atoms with E-state index in [1.54, 1.807) is 6.20 Å². The molecule has 3 nitrogen and oxygen atoms in total. The van der Waals surface area contributed by atoms with Crippen LogP contribution in [0.2, 0.25) is 0 Å². The van der Waals surface area contributed by atoms with Gasteiger partial charge in [0.15, 0.2) is 0 Å². The molecule has 1 aliphatic heterocycles. The van der Waals surface area contributed by atoms with Crippen molar-refractivity contribution in [3.8, 4) is 0 Å². The van der Waals surface area contributed by atoms with Crippen molar-refractivity contribution in [2.75, 3.05) is 13.1 Å². The summed E-state index contributed by atoms with van der Waals surface area (Å²) in [6.45, 7) is 2.22. The molecule has 0 spiro atoms. The Bertz CT molecular complexity index is 295. The van der Waals surface area contributed by atoms with Gasteiger partial charge < -0.3 is 10.4 Å². The summed E-state index contributed by atoms with van der Waals surface area (Å²) >= 11 is 0. The lowest BCUT2D eigenvalue weighted by atomic mass is 9.92. The zero-order valence-electron chi connectivity index (χ0n) is 8.24. The van der Waals surface area contributed by atoms with Gasteiger partial charge in [-0.2, -0.15) is 0 Å². The van der Waals surface area contributed by atoms with E-state index in [9.17, 15) is 0 Å². The van der Waals surface area contributed by atoms with Gasteiger partial charge >= 0.3 is 0 Å². The Balaban J connectivity index is 2.13. The van der Waals surface area contributed by atoms with Crippen molar-refractivity contribution in [3.05, 3.63) is 29.6 Å². The van der Waals surface area contributed by atoms with Gasteiger partial charge in [-0.15, -0.1) is 0 Å². The maximum absolute atomic E-state index is 8.98. The summed E-state index contributed by atoms with van der Waals surface area (Å²) in [4.78, 5) is 4.08. The van der Waals surface area contributed by atoms with Crippen LogP contribution in [0.1, 0.15) is 30.0 Å². The predicted molar refractivity (Wildman–Crippen MR) is 55.0 cm³/mol. The second-order valence-electron chi connectivity index (χ2n) is 3.78. The summed E-state index contributed by atoms with van der Waals surface area (Å²) < 4.78 is 0. The third kappa shape index (κ3) is 2.11. The van der Waals surface area contributed by atoms with E-state index in [0.29, 0.717) is 5.92 Å². The molecule has 0 amide bonds. The SMILES string of the molecule is OCc1cc(C2CCCNC2)ccn1. The Hall–Kier alpha value is -0.930. The van der Waals surface area contributed by atoms with Crippen LogP contribution < -0.4 is 5.32 Å². The first-order valence-electron chi connectivity index (χ1n) is 5.16. The van der Waals surface area contributed by atoms with E-state index in [1.807, 2.05) is 6.07 Å². The number of nitrogens with one attached hydrogen (secondary N) is 1. The van der Waals surface area contributed by atoms with E-state index in [1.165, 1.54) is 18.4 Å². The molecule has 1 aromatic rings. The third-order valence-corrected chi connectivity index (χ3v) is 2.77. The molecule has 1 atom stereocenters. The van der Waals surface area contributed by atoms with Gasteiger partial charge in [0.2, 0.25) is 0 Å². The van der Waals surface area contributed by atoms with E-state index < -0.39 is 0 Å². The molecular weight excluding hydrogens is 176 g/mol. The third-order valence-electron chi connectivity index (χ3n) is 2.77. The van der Waals surface area contributed by atoms with Crippen LogP contribution in [0.15, 0.2) is 18.3 Å². The molecule has 1 fully saturated rings. The molecule has 1 saturated heterocycles. The topological polar surface area (TPSA) is 45.1 Å². The Morgan fingerprint density at radius 2 is 2.50 bits per heavy atom. The highest BCUT2D eigenvalue weighted by atomic mass is 16.3. The molecule has 0 bridgehead atoms. The average molecular weight is 192 g/mol. The highest BCUT2D eigenvalue weighted by molar-refractivity contribution is 5.21. The quantitative estimate of drug-likeness (QED) is 0.736. The van der Waals surface area contributed by atoms with E-state index >= 15 is 0 Å². The zero-order chi connectivity index (χ0) is 9.80. The fourth-order valence-electron chi connectivity index (χ4n) is 1.97. The van der Waals surface area contributed by atoms with Crippen molar-refractivity contribution in [1.82, 2.24) is 10.3 Å². The summed E-state index contributed by atoms with van der Waals surface area (Å²) in [6, 6.07) is 4.06. The lowest BCUT2D eigenvalue weighted by Crippen LogP contribution is -2.28. The van der Waals surface area contributed by atoms with Crippen LogP contribution in [0.25, 0.3) is 0 Å². The van der Waals surface area contributed by atoms with Crippen LogP contribution in [0, 0.1) is 0 Å². The maximum atomic E-state index is 8.98. The minimum absolute atomic E-state index is 0.0357. The van der Waals surface area contributed by atoms with Gasteiger partial charge in [-0.1, -0.05) is 0 Å². The van der Waals surface area contributed by atoms with Crippen molar-refractivity contribution in [2.24, 2.45) is 0 Å². The summed E-state index contributed by atoms with van der Waals surface area (Å²) in [6.07, 6.45) is 4.26. The van der Waals surface area contributed by atoms with Gasteiger partial charge in [0.1, 0.15) is 0 Å². The predicted octanol–water partition coefficient (Wildman–Crippen LogP) is 1.04. The number of aromatic nitrogens is 1. The number of rotatable bonds is 2. The highest BCUT2D eigenvalue weighted by Crippen LogP contribution is 2.22. The molecule has 1 aliphatic rings. The number of aliphatic hydroxyl groups is 1. The zero-order valence-corrected chi connectivity index (χ0v) is 8.24. The minimum atomic E-state index is 0.0357. The summed E-state index contributed by atoms with van der Waals surface area (Å²) in [5, 5.41) is 12.4. The summed E-state index contributed by atoms with van der Waals surface area (Å²) in [7, 11) is 0. The van der Waals surface area contributed by atoms with Crippen molar-refractivity contribution < 1.29 is 5.11 Å². The second-order valence-corrected chi connectivity index (χ2v) is 3.78. The Morgan fingerprint density at radius 1 is 1.57 bits per heavy atom. The van der Waals surface area contributed by atoms with Crippen LogP contribution in [0.4, 0.5) is 0 Å². The van der Waals surface area contributed by atoms with E-state index in [-0.39, 0.29) is 6.61 Å². The first-order valence-corrected chi connectivity index (χ1v) is 5.16. The summed E-state index contributed by atoms with van der Waals surface area (Å²) in [5.74, 6) is 0.594. The van der Waals surface area contributed by atoms with Crippen LogP contribution in [-0.4, -0.2) is 23.2 Å². The largest absolute Gasteiger partial charge is 0.390 e. The molecule has 3 heteroatoms. The van der Waals surface area contributed by atoms with Gasteiger partial charge in [-0.05, 0) is 43.0 Å². The lowest BCUT2D eigenvalue weighted by Gasteiger charge is -2.23. The van der Waals surface area contributed by atoms with Gasteiger partial charge in [0, 0.05) is 12.7 Å². The van der Waals surface area contributed by atoms with E-state index in [4.69, 9.17) is 5.11 Å². The first-order chi connectivity index (χ1) is 6.90. The van der Waals surface area contributed by atoms with Crippen molar-refractivity contribution in [2.45, 2.75) is 25.4 Å². The molecule has 2 heterocycles. The minimum Gasteiger partial charge on any atom is -0.390 e. The molecule has 1 unspecified atom stereocenters. The number of hydrogen-bond donors (Lipinski definition) is 2. The molecule has 0 aliphatic carbocycles. The molecule has 0 aromatic carbocycles. The number of pyridine rings is 1. The normalized spacial score (nSPS) is 22.2. The molecule has 2 N–H and O–H groups in total. The van der Waals surface area contributed by atoms with Crippen molar-refractivity contribution in [1.29, 1.82) is 0 Å². The molecule has 76 valence electrons. The van der Waals surface area contributed by atoms with E-state index in [2.05, 4.69) is 16.4 Å². The maximum Gasteiger partial charge on any atom is 0.0853 e. The van der Waals surface area contributed by atoms with E-state index in [0.717, 1.165) is 18.8 Å². The molecule has 1 aromatic heterocycles. The fraction of sp³-hybridized carbons (Fsp3) is 0.545. The molecular formula is C11H16N2O. The highest BCUT2D eigenvalue weighted by Gasteiger charge is 2.15. The van der Waals surface area contributed by atoms with Gasteiger partial charge in [-0.25, -0.2) is 0 Å². The summed E-state index contributed by atoms with van der Waals surface area (Å²) in [5.41, 5.74) is 2.07. The van der Waals surface area contributed by atoms with Gasteiger partial charge in [-0.3, -0.25) is 4.98 Å². The number of aliphatic hydroxyl groups excluding tert-OH is 1. The number of piperidine rings is 1. The molecule has 14 heavy (non-hydrogen) atoms. The Kier molecular flexibility index (Phi) is 3.11. The Labute approximate surface area is 84.2 Å². The monoisotopic (exact) mass is 192 g/mol. The Morgan fingerprint density at radius 3 is 3.21 bits per heavy atom. The number of hydrogen-bond acceptors (Lipinski definition) is 3. The van der Waals surface area contributed by atoms with Gasteiger partial charge in [0.25, 0.3) is 0 Å². The second kappa shape index (κ2) is 4.53. The molecule has 0 saturated carbocycles. The van der Waals surface area contributed by atoms with Crippen molar-refractivity contribution in [3.63, 3.8) is 0 Å². The smallest absolute Gasteiger partial charge is 0.0853 e. The van der Waals surface area contributed by atoms with Crippen LogP contribution >= 0.6 is 0 Å². The average Bonchev–Trinajstić information content (AvgIpc) is 2.30. The van der Waals surface area contributed by atoms with Crippen molar-refractivity contribution >= 4 is 0 Å². The molecule has 0 radical (unpaired) electrons. The first kappa shape index (κ1) is 9.62.